The van der Waals surface area contributed by atoms with E-state index in [1.807, 2.05) is 30.3 Å². The van der Waals surface area contributed by atoms with E-state index in [1.54, 1.807) is 6.92 Å². The van der Waals surface area contributed by atoms with Gasteiger partial charge in [-0.1, -0.05) is 30.3 Å². The van der Waals surface area contributed by atoms with E-state index in [0.717, 1.165) is 5.56 Å². The summed E-state index contributed by atoms with van der Waals surface area (Å²) in [4.78, 5) is 25.6. The molecule has 3 atom stereocenters. The molecular formula is C18H22N2O6. The molecule has 2 aromatic rings. The Morgan fingerprint density at radius 1 is 1.27 bits per heavy atom. The van der Waals surface area contributed by atoms with Gasteiger partial charge in [0.05, 0.1) is 19.3 Å². The number of aliphatic hydroxyl groups excluding tert-OH is 1. The second-order valence-corrected chi connectivity index (χ2v) is 6.23. The van der Waals surface area contributed by atoms with Crippen LogP contribution in [0.1, 0.15) is 23.8 Å². The number of aromatic nitrogens is 2. The number of hydrogen-bond donors (Lipinski definition) is 2. The van der Waals surface area contributed by atoms with E-state index in [-0.39, 0.29) is 19.8 Å². The van der Waals surface area contributed by atoms with Crippen molar-refractivity contribution >= 4 is 0 Å². The Balaban J connectivity index is 1.48. The molecule has 8 heteroatoms. The summed E-state index contributed by atoms with van der Waals surface area (Å²) in [6.45, 7) is 2.25. The lowest BCUT2D eigenvalue weighted by Gasteiger charge is -2.16. The topological polar surface area (TPSA) is 103 Å². The van der Waals surface area contributed by atoms with Gasteiger partial charge >= 0.3 is 5.69 Å². The Labute approximate surface area is 150 Å². The highest BCUT2D eigenvalue weighted by Crippen LogP contribution is 2.27. The van der Waals surface area contributed by atoms with Crippen LogP contribution in [0.2, 0.25) is 0 Å². The lowest BCUT2D eigenvalue weighted by molar-refractivity contribution is -0.114. The van der Waals surface area contributed by atoms with Crippen molar-refractivity contribution in [1.29, 1.82) is 0 Å². The van der Waals surface area contributed by atoms with E-state index in [2.05, 4.69) is 4.98 Å². The fourth-order valence-electron chi connectivity index (χ4n) is 2.79. The number of nitrogens with zero attached hydrogens (tertiary/aromatic N) is 1. The van der Waals surface area contributed by atoms with Crippen LogP contribution in [0, 0.1) is 6.92 Å². The van der Waals surface area contributed by atoms with Gasteiger partial charge in [-0.05, 0) is 12.5 Å². The molecule has 1 fully saturated rings. The number of aryl methyl sites for hydroxylation is 1. The molecule has 8 nitrogen and oxygen atoms in total. The van der Waals surface area contributed by atoms with Gasteiger partial charge in [0.15, 0.2) is 0 Å². The average Bonchev–Trinajstić information content (AvgIpc) is 2.99. The van der Waals surface area contributed by atoms with E-state index in [4.69, 9.17) is 14.2 Å². The Hall–Kier alpha value is -2.26. The Bertz CT molecular complexity index is 832. The summed E-state index contributed by atoms with van der Waals surface area (Å²) in [5, 5.41) is 10.1. The first-order valence-corrected chi connectivity index (χ1v) is 8.39. The van der Waals surface area contributed by atoms with Crippen LogP contribution >= 0.6 is 0 Å². The zero-order chi connectivity index (χ0) is 18.5. The smallest absolute Gasteiger partial charge is 0.330 e. The number of rotatable bonds is 7. The minimum Gasteiger partial charge on any atom is -0.390 e. The van der Waals surface area contributed by atoms with Crippen LogP contribution in [0.3, 0.4) is 0 Å². The first-order chi connectivity index (χ1) is 12.5. The van der Waals surface area contributed by atoms with Crippen LogP contribution in [0.15, 0.2) is 46.1 Å². The molecule has 1 aromatic heterocycles. The predicted molar refractivity (Wildman–Crippen MR) is 92.6 cm³/mol. The summed E-state index contributed by atoms with van der Waals surface area (Å²) in [5.41, 5.74) is 0.448. The van der Waals surface area contributed by atoms with Crippen molar-refractivity contribution in [2.45, 2.75) is 38.4 Å². The summed E-state index contributed by atoms with van der Waals surface area (Å²) in [5.74, 6) is 0. The number of nitrogens with one attached hydrogen (secondary N) is 1. The molecule has 1 aliphatic heterocycles. The first kappa shape index (κ1) is 18.5. The maximum absolute atomic E-state index is 11.9. The number of ether oxygens (including phenoxy) is 3. The normalized spacial score (nSPS) is 22.6. The molecule has 2 N–H and O–H groups in total. The van der Waals surface area contributed by atoms with Crippen LogP contribution in [-0.4, -0.2) is 40.3 Å². The van der Waals surface area contributed by atoms with E-state index in [0.29, 0.717) is 12.2 Å². The van der Waals surface area contributed by atoms with Crippen LogP contribution in [0.5, 0.6) is 0 Å². The Kier molecular flexibility index (Phi) is 6.00. The number of aromatic amines is 1. The molecule has 3 rings (SSSR count). The largest absolute Gasteiger partial charge is 0.390 e. The Morgan fingerprint density at radius 2 is 2.04 bits per heavy atom. The van der Waals surface area contributed by atoms with Crippen molar-refractivity contribution in [2.24, 2.45) is 0 Å². The molecule has 0 bridgehead atoms. The van der Waals surface area contributed by atoms with Gasteiger partial charge in [0.25, 0.3) is 5.56 Å². The zero-order valence-electron chi connectivity index (χ0n) is 14.5. The number of benzene rings is 1. The first-order valence-electron chi connectivity index (χ1n) is 8.39. The molecule has 0 amide bonds. The predicted octanol–water partition coefficient (Wildman–Crippen LogP) is 0.684. The molecule has 1 aliphatic rings. The second kappa shape index (κ2) is 8.41. The third kappa shape index (κ3) is 4.47. The maximum atomic E-state index is 11.9. The summed E-state index contributed by atoms with van der Waals surface area (Å²) >= 11 is 0. The average molecular weight is 362 g/mol. The molecule has 140 valence electrons. The van der Waals surface area contributed by atoms with Gasteiger partial charge in [-0.15, -0.1) is 0 Å². The summed E-state index contributed by atoms with van der Waals surface area (Å²) in [6, 6.07) is 9.72. The van der Waals surface area contributed by atoms with Gasteiger partial charge < -0.3 is 19.3 Å². The van der Waals surface area contributed by atoms with Gasteiger partial charge in [-0.3, -0.25) is 14.3 Å². The number of H-pyrrole nitrogens is 1. The summed E-state index contributed by atoms with van der Waals surface area (Å²) in [7, 11) is 0. The van der Waals surface area contributed by atoms with Crippen molar-refractivity contribution in [2.75, 3.05) is 13.4 Å². The number of aliphatic hydroxyl groups is 1. The molecule has 1 aromatic carbocycles. The van der Waals surface area contributed by atoms with Crippen LogP contribution < -0.4 is 11.2 Å². The molecule has 0 aliphatic carbocycles. The standard InChI is InChI=1S/C18H22N2O6/c1-12-8-20(18(23)19-17(12)22)16-7-14(21)15(26-16)10-25-11-24-9-13-5-3-2-4-6-13/h2-6,8,14-16,21H,7,9-11H2,1H3,(H,19,22,23)/t14-,15+,16+/m0/s1. The zero-order valence-corrected chi connectivity index (χ0v) is 14.5. The lowest BCUT2D eigenvalue weighted by Crippen LogP contribution is -2.33. The van der Waals surface area contributed by atoms with Crippen molar-refractivity contribution in [3.63, 3.8) is 0 Å². The monoisotopic (exact) mass is 362 g/mol. The maximum Gasteiger partial charge on any atom is 0.330 e. The van der Waals surface area contributed by atoms with Gasteiger partial charge in [-0.2, -0.15) is 0 Å². The molecule has 2 heterocycles. The second-order valence-electron chi connectivity index (χ2n) is 6.23. The minimum absolute atomic E-state index is 0.0733. The van der Waals surface area contributed by atoms with E-state index in [1.165, 1.54) is 10.8 Å². The van der Waals surface area contributed by atoms with E-state index in [9.17, 15) is 14.7 Å². The summed E-state index contributed by atoms with van der Waals surface area (Å²) in [6.07, 6.45) is -0.311. The molecule has 0 radical (unpaired) electrons. The quantitative estimate of drug-likeness (QED) is 0.555. The van der Waals surface area contributed by atoms with Crippen molar-refractivity contribution in [1.82, 2.24) is 9.55 Å². The van der Waals surface area contributed by atoms with Crippen LogP contribution in [-0.2, 0) is 20.8 Å². The number of hydrogen-bond acceptors (Lipinski definition) is 6. The van der Waals surface area contributed by atoms with Gasteiger partial charge in [-0.25, -0.2) is 4.79 Å². The highest BCUT2D eigenvalue weighted by atomic mass is 16.7. The highest BCUT2D eigenvalue weighted by molar-refractivity contribution is 5.13. The van der Waals surface area contributed by atoms with Gasteiger partial charge in [0, 0.05) is 18.2 Å². The van der Waals surface area contributed by atoms with Gasteiger partial charge in [0.1, 0.15) is 19.1 Å². The lowest BCUT2D eigenvalue weighted by atomic mass is 10.2. The molecular weight excluding hydrogens is 340 g/mol. The molecule has 0 spiro atoms. The van der Waals surface area contributed by atoms with Crippen LogP contribution in [0.25, 0.3) is 0 Å². The van der Waals surface area contributed by atoms with Crippen LogP contribution in [0.4, 0.5) is 0 Å². The molecule has 0 unspecified atom stereocenters. The van der Waals surface area contributed by atoms with E-state index < -0.39 is 29.7 Å². The van der Waals surface area contributed by atoms with E-state index >= 15 is 0 Å². The fourth-order valence-corrected chi connectivity index (χ4v) is 2.79. The minimum atomic E-state index is -0.770. The van der Waals surface area contributed by atoms with Gasteiger partial charge in [0.2, 0.25) is 0 Å². The van der Waals surface area contributed by atoms with Crippen molar-refractivity contribution in [3.8, 4) is 0 Å². The fraction of sp³-hybridized carbons (Fsp3) is 0.444. The molecule has 1 saturated heterocycles. The summed E-state index contributed by atoms with van der Waals surface area (Å²) < 4.78 is 17.8. The SMILES string of the molecule is Cc1cn([C@H]2C[C@H](O)[C@@H](COCOCc3ccccc3)O2)c(=O)[nH]c1=O. The molecule has 26 heavy (non-hydrogen) atoms. The third-order valence-electron chi connectivity index (χ3n) is 4.22. The van der Waals surface area contributed by atoms with Crippen molar-refractivity contribution < 1.29 is 19.3 Å². The Morgan fingerprint density at radius 3 is 2.81 bits per heavy atom. The highest BCUT2D eigenvalue weighted by Gasteiger charge is 2.35. The molecule has 0 saturated carbocycles. The van der Waals surface area contributed by atoms with Crippen molar-refractivity contribution in [3.05, 3.63) is 68.5 Å². The third-order valence-corrected chi connectivity index (χ3v) is 4.22.